The van der Waals surface area contributed by atoms with Gasteiger partial charge in [0.1, 0.15) is 17.3 Å². The quantitative estimate of drug-likeness (QED) is 0.295. The number of carbonyl (C=O) groups is 3. The summed E-state index contributed by atoms with van der Waals surface area (Å²) in [5.74, 6) is -2.25. The van der Waals surface area contributed by atoms with Gasteiger partial charge in [-0.2, -0.15) is 0 Å². The number of benzene rings is 2. The molecule has 2 amide bonds. The number of aromatic nitrogens is 2. The number of aromatic carboxylic acids is 1. The van der Waals surface area contributed by atoms with Crippen molar-refractivity contribution in [3.63, 3.8) is 0 Å². The molecule has 1 fully saturated rings. The minimum absolute atomic E-state index is 0.107. The van der Waals surface area contributed by atoms with Crippen molar-refractivity contribution >= 4 is 24.9 Å². The molecule has 0 radical (unpaired) electrons. The lowest BCUT2D eigenvalue weighted by molar-refractivity contribution is -0.123. The summed E-state index contributed by atoms with van der Waals surface area (Å²) in [5, 5.41) is 15.2. The van der Waals surface area contributed by atoms with E-state index in [0.29, 0.717) is 6.42 Å². The van der Waals surface area contributed by atoms with Crippen LogP contribution in [0.2, 0.25) is 0 Å². The Morgan fingerprint density at radius 3 is 2.24 bits per heavy atom. The molecule has 4 rings (SSSR count). The van der Waals surface area contributed by atoms with Crippen molar-refractivity contribution in [2.75, 3.05) is 0 Å². The van der Waals surface area contributed by atoms with Gasteiger partial charge in [-0.25, -0.2) is 9.78 Å². The first-order chi connectivity index (χ1) is 19.9. The summed E-state index contributed by atoms with van der Waals surface area (Å²) in [4.78, 5) is 46.2. The van der Waals surface area contributed by atoms with Crippen LogP contribution >= 0.6 is 0 Å². The lowest BCUT2D eigenvalue weighted by Crippen LogP contribution is -2.55. The second-order valence-electron chi connectivity index (χ2n) is 11.6. The van der Waals surface area contributed by atoms with Gasteiger partial charge in [-0.3, -0.25) is 14.6 Å². The van der Waals surface area contributed by atoms with Gasteiger partial charge < -0.3 is 25.0 Å². The summed E-state index contributed by atoms with van der Waals surface area (Å²) in [7, 11) is -0.802. The van der Waals surface area contributed by atoms with Gasteiger partial charge in [0.15, 0.2) is 0 Å². The van der Waals surface area contributed by atoms with Crippen LogP contribution in [0.1, 0.15) is 73.0 Å². The number of carbonyl (C=O) groups excluding carboxylic acids is 2. The molecule has 1 aromatic heterocycles. The van der Waals surface area contributed by atoms with Crippen LogP contribution in [0.4, 0.5) is 0 Å². The summed E-state index contributed by atoms with van der Waals surface area (Å²) < 4.78 is 13.0. The molecular formula is C31H37BN4O6. The lowest BCUT2D eigenvalue weighted by atomic mass is 9.73. The Kier molecular flexibility index (Phi) is 9.43. The summed E-state index contributed by atoms with van der Waals surface area (Å²) >= 11 is 0. The molecule has 0 spiro atoms. The first-order valence-corrected chi connectivity index (χ1v) is 14.0. The molecule has 10 nitrogen and oxygen atoms in total. The van der Waals surface area contributed by atoms with Crippen LogP contribution in [0.25, 0.3) is 0 Å². The third kappa shape index (κ3) is 7.03. The molecular weight excluding hydrogens is 535 g/mol. The maximum absolute atomic E-state index is 13.8. The third-order valence-corrected chi connectivity index (χ3v) is 7.68. The van der Waals surface area contributed by atoms with E-state index in [4.69, 9.17) is 9.31 Å². The number of hydrogen-bond acceptors (Lipinski definition) is 7. The lowest BCUT2D eigenvalue weighted by Gasteiger charge is -2.37. The maximum Gasteiger partial charge on any atom is 0.482 e. The highest BCUT2D eigenvalue weighted by molar-refractivity contribution is 6.48. The Morgan fingerprint density at radius 2 is 1.64 bits per heavy atom. The zero-order valence-electron chi connectivity index (χ0n) is 24.5. The van der Waals surface area contributed by atoms with Crippen LogP contribution in [0, 0.1) is 5.92 Å². The SMILES string of the molecule is CC(C)CC(NC(=O)[C@H](Cc1ccccc1)NC(=O)c1cnccn1)B1OC(C)(C)C(C)(c2ccc(C(=O)O)cc2)O1. The van der Waals surface area contributed by atoms with E-state index in [9.17, 15) is 19.5 Å². The normalized spacial score (nSPS) is 19.2. The van der Waals surface area contributed by atoms with Crippen molar-refractivity contribution in [3.8, 4) is 0 Å². The predicted octanol–water partition coefficient (Wildman–Crippen LogP) is 3.82. The molecule has 2 unspecified atom stereocenters. The van der Waals surface area contributed by atoms with Crippen molar-refractivity contribution in [2.24, 2.45) is 5.92 Å². The molecule has 0 aliphatic carbocycles. The van der Waals surface area contributed by atoms with E-state index in [1.165, 1.54) is 30.7 Å². The predicted molar refractivity (Wildman–Crippen MR) is 158 cm³/mol. The van der Waals surface area contributed by atoms with Crippen molar-refractivity contribution in [2.45, 2.75) is 70.6 Å². The zero-order valence-corrected chi connectivity index (χ0v) is 24.5. The summed E-state index contributed by atoms with van der Waals surface area (Å²) in [6.45, 7) is 9.80. The van der Waals surface area contributed by atoms with Crippen molar-refractivity contribution < 1.29 is 28.8 Å². The highest BCUT2D eigenvalue weighted by atomic mass is 16.7. The Morgan fingerprint density at radius 1 is 0.952 bits per heavy atom. The maximum atomic E-state index is 13.8. The molecule has 0 bridgehead atoms. The molecule has 3 N–H and O–H groups in total. The first-order valence-electron chi connectivity index (χ1n) is 14.0. The standard InChI is InChI=1S/C31H37BN4O6/c1-20(2)17-26(32-41-30(3,4)31(5,42-32)23-13-11-22(12-14-23)29(39)40)36-27(37)24(18-21-9-7-6-8-10-21)35-28(38)25-19-33-15-16-34-25/h6-16,19-20,24,26H,17-18H2,1-5H3,(H,35,38)(H,36,37)(H,39,40)/t24-,26?,31?/m0/s1. The second-order valence-corrected chi connectivity index (χ2v) is 11.6. The smallest absolute Gasteiger partial charge is 0.478 e. The Bertz CT molecular complexity index is 1390. The van der Waals surface area contributed by atoms with Gasteiger partial charge in [-0.1, -0.05) is 56.3 Å². The number of amides is 2. The van der Waals surface area contributed by atoms with E-state index in [-0.39, 0.29) is 29.5 Å². The minimum atomic E-state index is -1.01. The number of carboxylic acids is 1. The van der Waals surface area contributed by atoms with Gasteiger partial charge in [0, 0.05) is 18.8 Å². The molecule has 3 atom stereocenters. The fourth-order valence-electron chi connectivity index (χ4n) is 5.05. The number of nitrogens with one attached hydrogen (secondary N) is 2. The zero-order chi connectivity index (χ0) is 30.5. The largest absolute Gasteiger partial charge is 0.482 e. The molecule has 1 aliphatic rings. The second kappa shape index (κ2) is 12.8. The summed E-state index contributed by atoms with van der Waals surface area (Å²) in [6.07, 6.45) is 5.05. The topological polar surface area (TPSA) is 140 Å². The van der Waals surface area contributed by atoms with Crippen LogP contribution in [0.5, 0.6) is 0 Å². The van der Waals surface area contributed by atoms with Gasteiger partial charge in [-0.05, 0) is 56.4 Å². The highest BCUT2D eigenvalue weighted by Crippen LogP contribution is 2.46. The number of rotatable bonds is 11. The van der Waals surface area contributed by atoms with Crippen LogP contribution in [0.15, 0.2) is 73.2 Å². The van der Waals surface area contributed by atoms with Crippen molar-refractivity contribution in [1.82, 2.24) is 20.6 Å². The minimum Gasteiger partial charge on any atom is -0.478 e. The molecule has 220 valence electrons. The average molecular weight is 572 g/mol. The summed E-state index contributed by atoms with van der Waals surface area (Å²) in [5.41, 5.74) is 0.173. The van der Waals surface area contributed by atoms with Crippen LogP contribution in [-0.4, -0.2) is 57.6 Å². The molecule has 2 heterocycles. The third-order valence-electron chi connectivity index (χ3n) is 7.68. The van der Waals surface area contributed by atoms with Crippen LogP contribution in [-0.2, 0) is 26.1 Å². The van der Waals surface area contributed by atoms with E-state index < -0.39 is 42.2 Å². The van der Waals surface area contributed by atoms with E-state index in [2.05, 4.69) is 20.6 Å². The number of carboxylic acid groups (broad SMARTS) is 1. The molecule has 1 saturated heterocycles. The molecule has 0 saturated carbocycles. The Balaban J connectivity index is 1.58. The van der Waals surface area contributed by atoms with Gasteiger partial charge in [-0.15, -0.1) is 0 Å². The van der Waals surface area contributed by atoms with Gasteiger partial charge in [0.25, 0.3) is 5.91 Å². The Hall–Kier alpha value is -4.09. The van der Waals surface area contributed by atoms with Gasteiger partial charge >= 0.3 is 13.1 Å². The first kappa shape index (κ1) is 30.9. The van der Waals surface area contributed by atoms with E-state index >= 15 is 0 Å². The van der Waals surface area contributed by atoms with E-state index in [1.54, 1.807) is 12.1 Å². The highest BCUT2D eigenvalue weighted by Gasteiger charge is 2.57. The van der Waals surface area contributed by atoms with Crippen LogP contribution in [0.3, 0.4) is 0 Å². The van der Waals surface area contributed by atoms with E-state index in [1.807, 2.05) is 65.0 Å². The Labute approximate surface area is 246 Å². The van der Waals surface area contributed by atoms with E-state index in [0.717, 1.165) is 11.1 Å². The monoisotopic (exact) mass is 572 g/mol. The number of hydrogen-bond donors (Lipinski definition) is 3. The summed E-state index contributed by atoms with van der Waals surface area (Å²) in [6, 6.07) is 15.1. The van der Waals surface area contributed by atoms with Gasteiger partial charge in [0.2, 0.25) is 5.91 Å². The van der Waals surface area contributed by atoms with Gasteiger partial charge in [0.05, 0.1) is 23.3 Å². The molecule has 42 heavy (non-hydrogen) atoms. The van der Waals surface area contributed by atoms with Crippen molar-refractivity contribution in [1.29, 1.82) is 0 Å². The fraction of sp³-hybridized carbons (Fsp3) is 0.387. The van der Waals surface area contributed by atoms with Crippen molar-refractivity contribution in [3.05, 3.63) is 95.6 Å². The number of nitrogens with zero attached hydrogens (tertiary/aromatic N) is 2. The molecule has 2 aromatic carbocycles. The fourth-order valence-corrected chi connectivity index (χ4v) is 5.05. The molecule has 11 heteroatoms. The van der Waals surface area contributed by atoms with Crippen LogP contribution < -0.4 is 10.6 Å². The average Bonchev–Trinajstić information content (AvgIpc) is 3.22. The molecule has 3 aromatic rings. The molecule has 1 aliphatic heterocycles.